The van der Waals surface area contributed by atoms with Gasteiger partial charge in [-0.2, -0.15) is 0 Å². The molecule has 1 N–H and O–H groups in total. The third kappa shape index (κ3) is 3.87. The number of piperidine rings is 1. The Morgan fingerprint density at radius 2 is 1.79 bits per heavy atom. The summed E-state index contributed by atoms with van der Waals surface area (Å²) in [5.41, 5.74) is -0.0725. The quantitative estimate of drug-likeness (QED) is 0.855. The van der Waals surface area contributed by atoms with Gasteiger partial charge in [-0.15, -0.1) is 0 Å². The maximum atomic E-state index is 14.0. The van der Waals surface area contributed by atoms with E-state index in [2.05, 4.69) is 0 Å². The highest BCUT2D eigenvalue weighted by Crippen LogP contribution is 2.42. The van der Waals surface area contributed by atoms with Crippen LogP contribution in [0.1, 0.15) is 36.8 Å². The van der Waals surface area contributed by atoms with Crippen molar-refractivity contribution in [1.82, 2.24) is 4.90 Å². The van der Waals surface area contributed by atoms with Gasteiger partial charge in [-0.05, 0) is 55.0 Å². The maximum Gasteiger partial charge on any atom is 0.410 e. The summed E-state index contributed by atoms with van der Waals surface area (Å²) in [6.07, 6.45) is 1.88. The normalized spacial score (nSPS) is 26.3. The Hall–Kier alpha value is -2.47. The van der Waals surface area contributed by atoms with Crippen LogP contribution in [0, 0.1) is 11.6 Å². The monoisotopic (exact) mass is 387 g/mol. The van der Waals surface area contributed by atoms with Crippen molar-refractivity contribution in [3.8, 4) is 0 Å². The second-order valence-corrected chi connectivity index (χ2v) is 7.88. The summed E-state index contributed by atoms with van der Waals surface area (Å²) in [7, 11) is 0. The van der Waals surface area contributed by atoms with E-state index >= 15 is 0 Å². The molecule has 2 heterocycles. The molecule has 0 radical (unpaired) electrons. The molecule has 2 unspecified atom stereocenters. The molecule has 2 atom stereocenters. The summed E-state index contributed by atoms with van der Waals surface area (Å²) in [4.78, 5) is 14.3. The van der Waals surface area contributed by atoms with Gasteiger partial charge in [0.25, 0.3) is 0 Å². The molecule has 28 heavy (non-hydrogen) atoms. The zero-order chi connectivity index (χ0) is 19.7. The van der Waals surface area contributed by atoms with Crippen LogP contribution in [0.5, 0.6) is 0 Å². The third-order valence-electron chi connectivity index (χ3n) is 5.79. The molecular formula is C22H23F2NO3. The van der Waals surface area contributed by atoms with Gasteiger partial charge in [-0.3, -0.25) is 0 Å². The summed E-state index contributed by atoms with van der Waals surface area (Å²) in [5.74, 6) is -1.04. The van der Waals surface area contributed by atoms with Crippen LogP contribution in [0.25, 0.3) is 0 Å². The van der Waals surface area contributed by atoms with Gasteiger partial charge < -0.3 is 14.7 Å². The molecule has 0 aromatic heterocycles. The second-order valence-electron chi connectivity index (χ2n) is 7.88. The number of ether oxygens (including phenoxy) is 1. The number of nitrogens with zero attached hydrogens (tertiary/aromatic N) is 1. The second kappa shape index (κ2) is 7.51. The number of carbonyl (C=O) groups is 1. The van der Waals surface area contributed by atoms with E-state index in [4.69, 9.17) is 4.74 Å². The van der Waals surface area contributed by atoms with Gasteiger partial charge in [0.15, 0.2) is 0 Å². The molecule has 2 saturated heterocycles. The maximum absolute atomic E-state index is 14.0. The van der Waals surface area contributed by atoms with Crippen LogP contribution in [-0.4, -0.2) is 33.8 Å². The van der Waals surface area contributed by atoms with Crippen molar-refractivity contribution in [2.75, 3.05) is 0 Å². The van der Waals surface area contributed by atoms with E-state index in [0.29, 0.717) is 12.8 Å². The molecule has 2 bridgehead atoms. The number of amides is 1. The number of aliphatic hydroxyl groups is 1. The van der Waals surface area contributed by atoms with E-state index in [0.717, 1.165) is 36.6 Å². The molecule has 0 aliphatic carbocycles. The Balaban J connectivity index is 1.42. The Bertz CT molecular complexity index is 844. The number of rotatable bonds is 4. The largest absolute Gasteiger partial charge is 0.445 e. The van der Waals surface area contributed by atoms with Gasteiger partial charge in [0.05, 0.1) is 5.60 Å². The molecule has 4 rings (SSSR count). The summed E-state index contributed by atoms with van der Waals surface area (Å²) in [6, 6.07) is 12.4. The number of benzene rings is 2. The molecule has 2 fully saturated rings. The van der Waals surface area contributed by atoms with E-state index in [9.17, 15) is 18.7 Å². The van der Waals surface area contributed by atoms with Crippen molar-refractivity contribution < 1.29 is 23.4 Å². The zero-order valence-corrected chi connectivity index (χ0v) is 15.5. The van der Waals surface area contributed by atoms with E-state index in [-0.39, 0.29) is 36.8 Å². The molecule has 0 spiro atoms. The van der Waals surface area contributed by atoms with Crippen LogP contribution in [0.15, 0.2) is 48.5 Å². The summed E-state index contributed by atoms with van der Waals surface area (Å²) in [6.45, 7) is 0.203. The van der Waals surface area contributed by atoms with Gasteiger partial charge in [0.1, 0.15) is 18.2 Å². The van der Waals surface area contributed by atoms with Crippen molar-refractivity contribution in [3.05, 3.63) is 71.3 Å². The van der Waals surface area contributed by atoms with E-state index in [1.54, 1.807) is 4.90 Å². The highest BCUT2D eigenvalue weighted by Gasteiger charge is 2.50. The molecule has 2 aliphatic rings. The van der Waals surface area contributed by atoms with Crippen molar-refractivity contribution in [1.29, 1.82) is 0 Å². The lowest BCUT2D eigenvalue weighted by molar-refractivity contribution is -0.0490. The number of halogens is 2. The minimum Gasteiger partial charge on any atom is -0.445 e. The lowest BCUT2D eigenvalue weighted by Gasteiger charge is -2.43. The van der Waals surface area contributed by atoms with Gasteiger partial charge >= 0.3 is 6.09 Å². The number of carbonyl (C=O) groups excluding carboxylic acids is 1. The van der Waals surface area contributed by atoms with Gasteiger partial charge in [-0.25, -0.2) is 13.6 Å². The molecule has 0 saturated carbocycles. The van der Waals surface area contributed by atoms with Crippen LogP contribution in [0.4, 0.5) is 13.6 Å². The fourth-order valence-electron chi connectivity index (χ4n) is 4.59. The van der Waals surface area contributed by atoms with Crippen LogP contribution >= 0.6 is 0 Å². The minimum absolute atomic E-state index is 0.0382. The van der Waals surface area contributed by atoms with Crippen molar-refractivity contribution in [2.24, 2.45) is 0 Å². The average Bonchev–Trinajstić information content (AvgIpc) is 2.96. The van der Waals surface area contributed by atoms with E-state index < -0.39 is 17.2 Å². The Kier molecular flexibility index (Phi) is 5.06. The number of hydrogen-bond donors (Lipinski definition) is 1. The number of hydrogen-bond acceptors (Lipinski definition) is 3. The first-order chi connectivity index (χ1) is 13.4. The highest BCUT2D eigenvalue weighted by molar-refractivity contribution is 5.69. The molecule has 2 aromatic rings. The van der Waals surface area contributed by atoms with Crippen molar-refractivity contribution >= 4 is 6.09 Å². The van der Waals surface area contributed by atoms with Gasteiger partial charge in [-0.1, -0.05) is 30.3 Å². The molecule has 2 aliphatic heterocycles. The Morgan fingerprint density at radius 3 is 2.46 bits per heavy atom. The van der Waals surface area contributed by atoms with Crippen LogP contribution in [0.3, 0.4) is 0 Å². The highest BCUT2D eigenvalue weighted by atomic mass is 19.1. The molecule has 4 nitrogen and oxygen atoms in total. The van der Waals surface area contributed by atoms with Crippen LogP contribution < -0.4 is 0 Å². The topological polar surface area (TPSA) is 49.8 Å². The molecular weight excluding hydrogens is 364 g/mol. The van der Waals surface area contributed by atoms with Gasteiger partial charge in [0, 0.05) is 18.5 Å². The molecule has 1 amide bonds. The first kappa shape index (κ1) is 18.9. The Morgan fingerprint density at radius 1 is 1.11 bits per heavy atom. The Labute approximate surface area is 162 Å². The van der Waals surface area contributed by atoms with Gasteiger partial charge in [0.2, 0.25) is 0 Å². The lowest BCUT2D eigenvalue weighted by atomic mass is 9.81. The third-order valence-corrected chi connectivity index (χ3v) is 5.79. The fraction of sp³-hybridized carbons (Fsp3) is 0.409. The summed E-state index contributed by atoms with van der Waals surface area (Å²) >= 11 is 0. The summed E-state index contributed by atoms with van der Waals surface area (Å²) in [5, 5.41) is 11.1. The van der Waals surface area contributed by atoms with E-state index in [1.165, 1.54) is 0 Å². The fourth-order valence-corrected chi connectivity index (χ4v) is 4.59. The van der Waals surface area contributed by atoms with E-state index in [1.807, 2.05) is 30.3 Å². The number of fused-ring (bicyclic) bond motifs is 2. The smallest absolute Gasteiger partial charge is 0.410 e. The summed E-state index contributed by atoms with van der Waals surface area (Å²) < 4.78 is 32.9. The predicted octanol–water partition coefficient (Wildman–Crippen LogP) is 4.20. The van der Waals surface area contributed by atoms with Crippen molar-refractivity contribution in [3.63, 3.8) is 0 Å². The minimum atomic E-state index is -1.16. The molecule has 2 aromatic carbocycles. The van der Waals surface area contributed by atoms with Crippen molar-refractivity contribution in [2.45, 2.75) is 56.4 Å². The van der Waals surface area contributed by atoms with Crippen LogP contribution in [0.2, 0.25) is 0 Å². The molecule has 148 valence electrons. The standard InChI is InChI=1S/C22H23F2NO3/c23-17-6-9-20(24)16(10-17)11-22(27)12-18-7-8-19(13-22)25(18)21(26)28-14-15-4-2-1-3-5-15/h1-6,9-10,18-19,27H,7-8,11-14H2. The first-order valence-corrected chi connectivity index (χ1v) is 9.59. The zero-order valence-electron chi connectivity index (χ0n) is 15.5. The average molecular weight is 387 g/mol. The first-order valence-electron chi connectivity index (χ1n) is 9.59. The van der Waals surface area contributed by atoms with Crippen LogP contribution in [-0.2, 0) is 17.8 Å². The predicted molar refractivity (Wildman–Crippen MR) is 99.5 cm³/mol. The molecule has 6 heteroatoms. The lowest BCUT2D eigenvalue weighted by Crippen LogP contribution is -2.54. The SMILES string of the molecule is O=C(OCc1ccccc1)N1C2CCC1CC(O)(Cc1cc(F)ccc1F)C2.